The van der Waals surface area contributed by atoms with E-state index in [9.17, 15) is 22.9 Å². The molecule has 0 heterocycles. The van der Waals surface area contributed by atoms with Crippen LogP contribution < -0.4 is 5.32 Å². The number of nitrogens with one attached hydrogen (secondary N) is 1. The van der Waals surface area contributed by atoms with Crippen molar-refractivity contribution in [1.29, 1.82) is 0 Å². The average molecular weight is 452 g/mol. The van der Waals surface area contributed by atoms with Crippen molar-refractivity contribution in [1.82, 2.24) is 5.32 Å². The molecule has 30 heavy (non-hydrogen) atoms. The molecule has 0 aliphatic carbocycles. The Morgan fingerprint density at radius 3 is 1.80 bits per heavy atom. The summed E-state index contributed by atoms with van der Waals surface area (Å²) in [6.07, 6.45) is 3.89. The summed E-state index contributed by atoms with van der Waals surface area (Å²) in [5.74, 6) is -0.722. The molecule has 8 heteroatoms. The van der Waals surface area contributed by atoms with Crippen molar-refractivity contribution in [3.8, 4) is 0 Å². The minimum absolute atomic E-state index is 0.0116. The molecular weight excluding hydrogens is 406 g/mol. The van der Waals surface area contributed by atoms with E-state index in [2.05, 4.69) is 5.32 Å². The van der Waals surface area contributed by atoms with Crippen LogP contribution in [0.3, 0.4) is 0 Å². The molecule has 0 aliphatic rings. The number of carbonyl (C=O) groups is 1. The number of rotatable bonds is 15. The summed E-state index contributed by atoms with van der Waals surface area (Å²) < 4.78 is 38.0. The third-order valence-electron chi connectivity index (χ3n) is 6.77. The lowest BCUT2D eigenvalue weighted by molar-refractivity contribution is -0.164. The van der Waals surface area contributed by atoms with Gasteiger partial charge in [-0.25, -0.2) is 0 Å². The molecule has 0 saturated heterocycles. The third kappa shape index (κ3) is 10.1. The van der Waals surface area contributed by atoms with Gasteiger partial charge in [0, 0.05) is 12.0 Å². The zero-order chi connectivity index (χ0) is 23.9. The molecule has 180 valence electrons. The van der Waals surface area contributed by atoms with E-state index >= 15 is 0 Å². The van der Waals surface area contributed by atoms with Gasteiger partial charge in [0.2, 0.25) is 0 Å². The third-order valence-corrected chi connectivity index (χ3v) is 7.83. The topological polar surface area (TPSA) is 113 Å². The van der Waals surface area contributed by atoms with Crippen molar-refractivity contribution in [2.75, 3.05) is 12.3 Å². The van der Waals surface area contributed by atoms with Gasteiger partial charge in [-0.3, -0.25) is 9.35 Å². The summed E-state index contributed by atoms with van der Waals surface area (Å²) in [5.41, 5.74) is -2.74. The summed E-state index contributed by atoms with van der Waals surface area (Å²) in [6, 6.07) is 0. The Morgan fingerprint density at radius 2 is 1.43 bits per heavy atom. The highest BCUT2D eigenvalue weighted by Crippen LogP contribution is 2.35. The highest BCUT2D eigenvalue weighted by atomic mass is 32.2. The van der Waals surface area contributed by atoms with Gasteiger partial charge in [0.1, 0.15) is 5.60 Å². The quantitative estimate of drug-likeness (QED) is 0.254. The Morgan fingerprint density at radius 1 is 0.900 bits per heavy atom. The summed E-state index contributed by atoms with van der Waals surface area (Å²) in [4.78, 5) is 12.6. The standard InChI is InChI=1S/C22H45NO6S/c1-9-19(6,17-30(26,27)28)15-20(7,10-2)23-14-18(24)29-21(8,11-3)16-22(25,12-4)13-5/h23,25H,9-17H2,1-8H3,(H,26,27,28). The molecule has 0 radical (unpaired) electrons. The van der Waals surface area contributed by atoms with Gasteiger partial charge in [-0.05, 0) is 57.8 Å². The van der Waals surface area contributed by atoms with Crippen LogP contribution in [0.25, 0.3) is 0 Å². The van der Waals surface area contributed by atoms with E-state index in [-0.39, 0.29) is 12.3 Å². The lowest BCUT2D eigenvalue weighted by Gasteiger charge is -2.40. The van der Waals surface area contributed by atoms with E-state index in [1.165, 1.54) is 0 Å². The number of aliphatic hydroxyl groups is 1. The summed E-state index contributed by atoms with van der Waals surface area (Å²) >= 11 is 0. The second kappa shape index (κ2) is 11.2. The largest absolute Gasteiger partial charge is 0.458 e. The molecular formula is C22H45NO6S. The minimum Gasteiger partial charge on any atom is -0.458 e. The van der Waals surface area contributed by atoms with Crippen LogP contribution >= 0.6 is 0 Å². The van der Waals surface area contributed by atoms with Crippen molar-refractivity contribution in [2.24, 2.45) is 5.41 Å². The summed E-state index contributed by atoms with van der Waals surface area (Å²) in [7, 11) is -4.10. The van der Waals surface area contributed by atoms with E-state index in [0.29, 0.717) is 44.9 Å². The molecule has 0 rings (SSSR count). The predicted octanol–water partition coefficient (Wildman–Crippen LogP) is 4.09. The molecule has 0 saturated carbocycles. The normalized spacial score (nSPS) is 18.9. The first kappa shape index (κ1) is 29.3. The van der Waals surface area contributed by atoms with E-state index in [1.54, 1.807) is 0 Å². The van der Waals surface area contributed by atoms with Crippen LogP contribution in [0.5, 0.6) is 0 Å². The maximum absolute atomic E-state index is 12.6. The van der Waals surface area contributed by atoms with E-state index in [1.807, 2.05) is 55.4 Å². The van der Waals surface area contributed by atoms with Gasteiger partial charge in [-0.2, -0.15) is 8.42 Å². The molecule has 3 unspecified atom stereocenters. The Labute approximate surface area is 184 Å². The van der Waals surface area contributed by atoms with Crippen LogP contribution in [0.1, 0.15) is 100 Å². The van der Waals surface area contributed by atoms with Crippen molar-refractivity contribution in [3.05, 3.63) is 0 Å². The predicted molar refractivity (Wildman–Crippen MR) is 121 cm³/mol. The molecule has 0 aromatic carbocycles. The van der Waals surface area contributed by atoms with Crippen molar-refractivity contribution in [2.45, 2.75) is 117 Å². The van der Waals surface area contributed by atoms with Crippen molar-refractivity contribution in [3.63, 3.8) is 0 Å². The van der Waals surface area contributed by atoms with E-state index in [0.717, 1.165) is 0 Å². The molecule has 0 fully saturated rings. The van der Waals surface area contributed by atoms with Gasteiger partial charge in [0.25, 0.3) is 10.1 Å². The molecule has 0 aliphatic heterocycles. The van der Waals surface area contributed by atoms with Gasteiger partial charge >= 0.3 is 5.97 Å². The van der Waals surface area contributed by atoms with Gasteiger partial charge in [-0.1, -0.05) is 41.5 Å². The molecule has 0 aromatic heterocycles. The molecule has 3 N–H and O–H groups in total. The number of carbonyl (C=O) groups excluding carboxylic acids is 1. The molecule has 0 amide bonds. The number of ether oxygens (including phenoxy) is 1. The Balaban J connectivity index is 5.17. The van der Waals surface area contributed by atoms with Crippen LogP contribution in [0.15, 0.2) is 0 Å². The first-order chi connectivity index (χ1) is 13.5. The lowest BCUT2D eigenvalue weighted by Crippen LogP contribution is -2.50. The smallest absolute Gasteiger partial charge is 0.320 e. The van der Waals surface area contributed by atoms with Crippen LogP contribution in [0, 0.1) is 5.41 Å². The molecule has 0 bridgehead atoms. The van der Waals surface area contributed by atoms with Gasteiger partial charge in [-0.15, -0.1) is 0 Å². The molecule has 3 atom stereocenters. The molecule has 0 spiro atoms. The fraction of sp³-hybridized carbons (Fsp3) is 0.955. The first-order valence-corrected chi connectivity index (χ1v) is 12.8. The Kier molecular flexibility index (Phi) is 11.0. The second-order valence-corrected chi connectivity index (χ2v) is 11.2. The van der Waals surface area contributed by atoms with E-state index < -0.39 is 38.2 Å². The summed E-state index contributed by atoms with van der Waals surface area (Å²) in [6.45, 7) is 15.3. The lowest BCUT2D eigenvalue weighted by atomic mass is 9.76. The maximum atomic E-state index is 12.6. The highest BCUT2D eigenvalue weighted by Gasteiger charge is 2.39. The zero-order valence-corrected chi connectivity index (χ0v) is 21.1. The number of esters is 1. The average Bonchev–Trinajstić information content (AvgIpc) is 2.64. The number of hydrogen-bond donors (Lipinski definition) is 3. The fourth-order valence-corrected chi connectivity index (χ4v) is 5.19. The Bertz CT molecular complexity index is 648. The van der Waals surface area contributed by atoms with Crippen molar-refractivity contribution >= 4 is 16.1 Å². The Hall–Kier alpha value is -0.700. The van der Waals surface area contributed by atoms with Crippen LogP contribution in [-0.4, -0.2) is 53.1 Å². The summed E-state index contributed by atoms with van der Waals surface area (Å²) in [5, 5.41) is 13.9. The van der Waals surface area contributed by atoms with Crippen LogP contribution in [-0.2, 0) is 19.6 Å². The fourth-order valence-electron chi connectivity index (χ4n) is 4.00. The van der Waals surface area contributed by atoms with Gasteiger partial charge in [0.15, 0.2) is 0 Å². The van der Waals surface area contributed by atoms with Gasteiger partial charge < -0.3 is 15.2 Å². The second-order valence-electron chi connectivity index (χ2n) is 9.72. The molecule has 0 aromatic rings. The monoisotopic (exact) mass is 451 g/mol. The number of hydrogen-bond acceptors (Lipinski definition) is 6. The van der Waals surface area contributed by atoms with Crippen molar-refractivity contribution < 1.29 is 27.6 Å². The van der Waals surface area contributed by atoms with Crippen LogP contribution in [0.4, 0.5) is 0 Å². The SMILES string of the molecule is CCC(C)(CC(C)(CC)NCC(=O)OC(C)(CC)CC(O)(CC)CC)CS(=O)(=O)O. The first-order valence-electron chi connectivity index (χ1n) is 11.2. The molecule has 7 nitrogen and oxygen atoms in total. The maximum Gasteiger partial charge on any atom is 0.320 e. The zero-order valence-electron chi connectivity index (χ0n) is 20.3. The highest BCUT2D eigenvalue weighted by molar-refractivity contribution is 7.85. The van der Waals surface area contributed by atoms with Gasteiger partial charge in [0.05, 0.1) is 17.9 Å². The minimum atomic E-state index is -4.10. The van der Waals surface area contributed by atoms with Crippen LogP contribution in [0.2, 0.25) is 0 Å². The van der Waals surface area contributed by atoms with E-state index in [4.69, 9.17) is 4.74 Å².